The van der Waals surface area contributed by atoms with Crippen LogP contribution in [0.1, 0.15) is 28.5 Å². The second kappa shape index (κ2) is 3.67. The minimum atomic E-state index is -0.866. The molecular formula is C13H15NO2. The molecule has 0 saturated carbocycles. The van der Waals surface area contributed by atoms with Crippen molar-refractivity contribution in [1.82, 2.24) is 4.57 Å². The first-order valence-electron chi connectivity index (χ1n) is 5.39. The zero-order valence-electron chi connectivity index (χ0n) is 9.74. The van der Waals surface area contributed by atoms with Gasteiger partial charge in [-0.25, -0.2) is 4.79 Å². The summed E-state index contributed by atoms with van der Waals surface area (Å²) in [5.41, 5.74) is 3.76. The molecule has 1 heterocycles. The number of aromatic nitrogens is 1. The van der Waals surface area contributed by atoms with Crippen molar-refractivity contribution in [3.8, 4) is 0 Å². The maximum absolute atomic E-state index is 11.1. The smallest absolute Gasteiger partial charge is 0.352 e. The molecule has 2 aromatic rings. The molecule has 0 aliphatic rings. The van der Waals surface area contributed by atoms with E-state index in [4.69, 9.17) is 5.11 Å². The Morgan fingerprint density at radius 2 is 2.06 bits per heavy atom. The lowest BCUT2D eigenvalue weighted by Gasteiger charge is -2.08. The first-order valence-corrected chi connectivity index (χ1v) is 5.39. The molecular weight excluding hydrogens is 202 g/mol. The molecule has 16 heavy (non-hydrogen) atoms. The van der Waals surface area contributed by atoms with E-state index in [0.717, 1.165) is 16.5 Å². The number of hydrogen-bond acceptors (Lipinski definition) is 1. The summed E-state index contributed by atoms with van der Waals surface area (Å²) in [7, 11) is 0. The number of benzene rings is 1. The summed E-state index contributed by atoms with van der Waals surface area (Å²) in [6, 6.07) is 5.76. The minimum absolute atomic E-state index is 0.367. The number of rotatable bonds is 2. The Bertz CT molecular complexity index is 567. The fourth-order valence-corrected chi connectivity index (χ4v) is 2.15. The van der Waals surface area contributed by atoms with Crippen LogP contribution in [-0.4, -0.2) is 15.6 Å². The summed E-state index contributed by atoms with van der Waals surface area (Å²) < 4.78 is 1.86. The summed E-state index contributed by atoms with van der Waals surface area (Å²) in [5.74, 6) is -0.866. The maximum atomic E-state index is 11.1. The van der Waals surface area contributed by atoms with Gasteiger partial charge >= 0.3 is 5.97 Å². The molecule has 0 unspecified atom stereocenters. The highest BCUT2D eigenvalue weighted by Gasteiger charge is 2.15. The third-order valence-electron chi connectivity index (χ3n) is 3.12. The van der Waals surface area contributed by atoms with Crippen LogP contribution in [0.5, 0.6) is 0 Å². The maximum Gasteiger partial charge on any atom is 0.352 e. The third-order valence-corrected chi connectivity index (χ3v) is 3.12. The summed E-state index contributed by atoms with van der Waals surface area (Å²) >= 11 is 0. The summed E-state index contributed by atoms with van der Waals surface area (Å²) in [6.45, 7) is 6.72. The number of aryl methyl sites for hydroxylation is 3. The number of aromatic carboxylic acids is 1. The lowest BCUT2D eigenvalue weighted by Crippen LogP contribution is -2.07. The Kier molecular flexibility index (Phi) is 2.46. The van der Waals surface area contributed by atoms with Gasteiger partial charge in [0.15, 0.2) is 0 Å². The van der Waals surface area contributed by atoms with Crippen molar-refractivity contribution in [2.24, 2.45) is 0 Å². The Labute approximate surface area is 94.3 Å². The molecule has 1 N–H and O–H groups in total. The minimum Gasteiger partial charge on any atom is -0.477 e. The normalized spacial score (nSPS) is 10.9. The van der Waals surface area contributed by atoms with E-state index in [1.165, 1.54) is 5.56 Å². The topological polar surface area (TPSA) is 42.2 Å². The molecule has 0 radical (unpaired) electrons. The fraction of sp³-hybridized carbons (Fsp3) is 0.308. The number of carbonyl (C=O) groups is 1. The van der Waals surface area contributed by atoms with Crippen molar-refractivity contribution in [2.75, 3.05) is 0 Å². The van der Waals surface area contributed by atoms with Gasteiger partial charge in [0.2, 0.25) is 0 Å². The molecule has 0 bridgehead atoms. The standard InChI is InChI=1S/C13H15NO2/c1-4-14-11(13(15)16)7-10-6-5-8(2)9(3)12(10)14/h5-7H,4H2,1-3H3,(H,15,16). The molecule has 1 aromatic heterocycles. The van der Waals surface area contributed by atoms with Crippen molar-refractivity contribution in [3.63, 3.8) is 0 Å². The molecule has 0 fully saturated rings. The van der Waals surface area contributed by atoms with E-state index in [9.17, 15) is 4.79 Å². The van der Waals surface area contributed by atoms with Crippen LogP contribution in [0.15, 0.2) is 18.2 Å². The van der Waals surface area contributed by atoms with E-state index in [0.29, 0.717) is 12.2 Å². The molecule has 2 rings (SSSR count). The van der Waals surface area contributed by atoms with Gasteiger partial charge in [0.25, 0.3) is 0 Å². The number of carboxylic acid groups (broad SMARTS) is 1. The van der Waals surface area contributed by atoms with E-state index in [1.54, 1.807) is 6.07 Å². The average Bonchev–Trinajstić information content (AvgIpc) is 2.62. The van der Waals surface area contributed by atoms with Crippen molar-refractivity contribution >= 4 is 16.9 Å². The molecule has 3 nitrogen and oxygen atoms in total. The molecule has 84 valence electrons. The molecule has 0 aliphatic heterocycles. The zero-order valence-corrected chi connectivity index (χ0v) is 9.74. The van der Waals surface area contributed by atoms with Crippen molar-refractivity contribution in [1.29, 1.82) is 0 Å². The van der Waals surface area contributed by atoms with Gasteiger partial charge in [0.05, 0.1) is 5.52 Å². The van der Waals surface area contributed by atoms with Crippen LogP contribution in [0.25, 0.3) is 10.9 Å². The highest BCUT2D eigenvalue weighted by Crippen LogP contribution is 2.25. The van der Waals surface area contributed by atoms with Crippen LogP contribution in [0, 0.1) is 13.8 Å². The largest absolute Gasteiger partial charge is 0.477 e. The molecule has 1 aromatic carbocycles. The van der Waals surface area contributed by atoms with Crippen LogP contribution in [0.2, 0.25) is 0 Å². The van der Waals surface area contributed by atoms with Gasteiger partial charge in [-0.15, -0.1) is 0 Å². The summed E-state index contributed by atoms with van der Waals surface area (Å²) in [4.78, 5) is 11.1. The van der Waals surface area contributed by atoms with Crippen LogP contribution < -0.4 is 0 Å². The molecule has 0 spiro atoms. The third kappa shape index (κ3) is 1.40. The van der Waals surface area contributed by atoms with Crippen LogP contribution in [0.4, 0.5) is 0 Å². The van der Waals surface area contributed by atoms with E-state index in [-0.39, 0.29) is 0 Å². The predicted molar refractivity (Wildman–Crippen MR) is 64.0 cm³/mol. The van der Waals surface area contributed by atoms with Gasteiger partial charge in [0, 0.05) is 11.9 Å². The van der Waals surface area contributed by atoms with E-state index in [2.05, 4.69) is 0 Å². The van der Waals surface area contributed by atoms with E-state index < -0.39 is 5.97 Å². The quantitative estimate of drug-likeness (QED) is 0.840. The lowest BCUT2D eigenvalue weighted by molar-refractivity contribution is 0.0686. The number of carboxylic acids is 1. The van der Waals surface area contributed by atoms with Crippen LogP contribution in [0.3, 0.4) is 0 Å². The van der Waals surface area contributed by atoms with Gasteiger partial charge in [-0.3, -0.25) is 0 Å². The van der Waals surface area contributed by atoms with Crippen molar-refractivity contribution in [3.05, 3.63) is 35.0 Å². The van der Waals surface area contributed by atoms with Gasteiger partial charge in [-0.2, -0.15) is 0 Å². The fourth-order valence-electron chi connectivity index (χ4n) is 2.15. The average molecular weight is 217 g/mol. The van der Waals surface area contributed by atoms with Crippen LogP contribution in [-0.2, 0) is 6.54 Å². The van der Waals surface area contributed by atoms with Gasteiger partial charge in [-0.1, -0.05) is 12.1 Å². The van der Waals surface area contributed by atoms with Crippen molar-refractivity contribution in [2.45, 2.75) is 27.3 Å². The van der Waals surface area contributed by atoms with Crippen molar-refractivity contribution < 1.29 is 9.90 Å². The second-order valence-corrected chi connectivity index (χ2v) is 4.02. The second-order valence-electron chi connectivity index (χ2n) is 4.02. The lowest BCUT2D eigenvalue weighted by atomic mass is 10.1. The Hall–Kier alpha value is -1.77. The monoisotopic (exact) mass is 217 g/mol. The molecule has 0 amide bonds. The van der Waals surface area contributed by atoms with Gasteiger partial charge < -0.3 is 9.67 Å². The van der Waals surface area contributed by atoms with Gasteiger partial charge in [0.1, 0.15) is 5.69 Å². The molecule has 0 saturated heterocycles. The number of nitrogens with zero attached hydrogens (tertiary/aromatic N) is 1. The number of hydrogen-bond donors (Lipinski definition) is 1. The first-order chi connectivity index (χ1) is 7.56. The Morgan fingerprint density at radius 3 is 2.62 bits per heavy atom. The first kappa shape index (κ1) is 10.7. The van der Waals surface area contributed by atoms with E-state index >= 15 is 0 Å². The molecule has 0 atom stereocenters. The Balaban J connectivity index is 2.89. The SMILES string of the molecule is CCn1c(C(=O)O)cc2ccc(C)c(C)c21. The van der Waals surface area contributed by atoms with Crippen LogP contribution >= 0.6 is 0 Å². The summed E-state index contributed by atoms with van der Waals surface area (Å²) in [5, 5.41) is 10.1. The van der Waals surface area contributed by atoms with Gasteiger partial charge in [-0.05, 0) is 38.0 Å². The Morgan fingerprint density at radius 1 is 1.38 bits per heavy atom. The predicted octanol–water partition coefficient (Wildman–Crippen LogP) is 2.98. The number of fused-ring (bicyclic) bond motifs is 1. The highest BCUT2D eigenvalue weighted by atomic mass is 16.4. The van der Waals surface area contributed by atoms with E-state index in [1.807, 2.05) is 37.5 Å². The molecule has 3 heteroatoms. The molecule has 0 aliphatic carbocycles. The highest BCUT2D eigenvalue weighted by molar-refractivity contribution is 5.96. The zero-order chi connectivity index (χ0) is 11.9. The summed E-state index contributed by atoms with van der Waals surface area (Å²) in [6.07, 6.45) is 0.